The molecule has 2 aromatic rings. The fourth-order valence-corrected chi connectivity index (χ4v) is 2.67. The molecule has 0 saturated carbocycles. The number of hydrogen-bond acceptors (Lipinski definition) is 5. The lowest BCUT2D eigenvalue weighted by atomic mass is 10.2. The molecular weight excluding hydrogens is 425 g/mol. The molecule has 1 amide bonds. The van der Waals surface area contributed by atoms with Crippen molar-refractivity contribution < 1.29 is 23.8 Å². The van der Waals surface area contributed by atoms with Crippen LogP contribution in [0.5, 0.6) is 11.5 Å². The van der Waals surface area contributed by atoms with Crippen LogP contribution in [0.1, 0.15) is 0 Å². The van der Waals surface area contributed by atoms with Crippen LogP contribution in [0.2, 0.25) is 0 Å². The molecule has 0 spiro atoms. The maximum atomic E-state index is 12.0. The van der Waals surface area contributed by atoms with Crippen molar-refractivity contribution in [3.8, 4) is 11.5 Å². The van der Waals surface area contributed by atoms with Crippen molar-refractivity contribution in [1.29, 1.82) is 0 Å². The van der Waals surface area contributed by atoms with E-state index in [1.54, 1.807) is 24.3 Å². The molecule has 3 rings (SSSR count). The SMILES string of the molecule is O=C(COC(=O)C1COc2ccccc2O1)Nc1cccc(I)c1. The number of anilines is 1. The minimum absolute atomic E-state index is 0.0499. The van der Waals surface area contributed by atoms with Gasteiger partial charge in [-0.1, -0.05) is 18.2 Å². The van der Waals surface area contributed by atoms with E-state index in [4.69, 9.17) is 14.2 Å². The molecule has 6 nitrogen and oxygen atoms in total. The number of para-hydroxylation sites is 2. The second kappa shape index (κ2) is 7.52. The molecule has 1 aliphatic rings. The van der Waals surface area contributed by atoms with Crippen LogP contribution in [0, 0.1) is 3.57 Å². The highest BCUT2D eigenvalue weighted by molar-refractivity contribution is 14.1. The third-order valence-electron chi connectivity index (χ3n) is 3.23. The molecule has 0 bridgehead atoms. The zero-order chi connectivity index (χ0) is 16.9. The highest BCUT2D eigenvalue weighted by Crippen LogP contribution is 2.31. The molecule has 0 saturated heterocycles. The van der Waals surface area contributed by atoms with Crippen molar-refractivity contribution in [2.75, 3.05) is 18.5 Å². The van der Waals surface area contributed by atoms with Crippen LogP contribution in [0.25, 0.3) is 0 Å². The van der Waals surface area contributed by atoms with Gasteiger partial charge in [0.25, 0.3) is 5.91 Å². The van der Waals surface area contributed by atoms with E-state index < -0.39 is 18.0 Å². The molecule has 24 heavy (non-hydrogen) atoms. The smallest absolute Gasteiger partial charge is 0.351 e. The van der Waals surface area contributed by atoms with Gasteiger partial charge in [0, 0.05) is 9.26 Å². The van der Waals surface area contributed by atoms with Gasteiger partial charge < -0.3 is 19.5 Å². The number of nitrogens with one attached hydrogen (secondary N) is 1. The van der Waals surface area contributed by atoms with E-state index in [0.717, 1.165) is 3.57 Å². The number of benzene rings is 2. The van der Waals surface area contributed by atoms with E-state index in [1.807, 2.05) is 24.3 Å². The Kier molecular flexibility index (Phi) is 5.19. The first-order valence-corrected chi connectivity index (χ1v) is 8.30. The number of carbonyl (C=O) groups is 2. The summed E-state index contributed by atoms with van der Waals surface area (Å²) in [7, 11) is 0. The van der Waals surface area contributed by atoms with Crippen LogP contribution in [0.15, 0.2) is 48.5 Å². The molecule has 1 N–H and O–H groups in total. The second-order valence-electron chi connectivity index (χ2n) is 5.03. The molecule has 2 aromatic carbocycles. The number of halogens is 1. The first-order chi connectivity index (χ1) is 11.6. The van der Waals surface area contributed by atoms with Gasteiger partial charge in [0.15, 0.2) is 18.1 Å². The van der Waals surface area contributed by atoms with Crippen LogP contribution >= 0.6 is 22.6 Å². The molecule has 1 heterocycles. The third-order valence-corrected chi connectivity index (χ3v) is 3.90. The van der Waals surface area contributed by atoms with E-state index in [2.05, 4.69) is 27.9 Å². The summed E-state index contributed by atoms with van der Waals surface area (Å²) >= 11 is 2.15. The minimum Gasteiger partial charge on any atom is -0.485 e. The first kappa shape index (κ1) is 16.6. The van der Waals surface area contributed by atoms with Crippen LogP contribution in [0.3, 0.4) is 0 Å². The summed E-state index contributed by atoms with van der Waals surface area (Å²) in [5, 5.41) is 2.66. The number of ether oxygens (including phenoxy) is 3. The van der Waals surface area contributed by atoms with Gasteiger partial charge in [-0.25, -0.2) is 4.79 Å². The number of rotatable bonds is 4. The van der Waals surface area contributed by atoms with Crippen LogP contribution < -0.4 is 14.8 Å². The number of carbonyl (C=O) groups excluding carboxylic acids is 2. The fourth-order valence-electron chi connectivity index (χ4n) is 2.13. The van der Waals surface area contributed by atoms with Gasteiger partial charge >= 0.3 is 5.97 Å². The van der Waals surface area contributed by atoms with Crippen molar-refractivity contribution in [3.63, 3.8) is 0 Å². The summed E-state index contributed by atoms with van der Waals surface area (Å²) in [4.78, 5) is 23.9. The zero-order valence-corrected chi connectivity index (χ0v) is 14.7. The molecule has 0 fully saturated rings. The highest BCUT2D eigenvalue weighted by Gasteiger charge is 2.29. The average Bonchev–Trinajstić information content (AvgIpc) is 2.59. The quantitative estimate of drug-likeness (QED) is 0.586. The van der Waals surface area contributed by atoms with Gasteiger partial charge in [0.1, 0.15) is 6.61 Å². The third kappa shape index (κ3) is 4.16. The average molecular weight is 439 g/mol. The van der Waals surface area contributed by atoms with Gasteiger partial charge in [-0.05, 0) is 52.9 Å². The lowest BCUT2D eigenvalue weighted by molar-refractivity contribution is -0.156. The van der Waals surface area contributed by atoms with Gasteiger partial charge in [-0.2, -0.15) is 0 Å². The van der Waals surface area contributed by atoms with Crippen molar-refractivity contribution in [3.05, 3.63) is 52.1 Å². The summed E-state index contributed by atoms with van der Waals surface area (Å²) in [6, 6.07) is 14.4. The standard InChI is InChI=1S/C17H14INO5/c18-11-4-3-5-12(8-11)19-16(20)10-23-17(21)15-9-22-13-6-1-2-7-14(13)24-15/h1-8,15H,9-10H2,(H,19,20). The maximum absolute atomic E-state index is 12.0. The number of esters is 1. The second-order valence-corrected chi connectivity index (χ2v) is 6.28. The van der Waals surface area contributed by atoms with Gasteiger partial charge in [0.2, 0.25) is 6.10 Å². The predicted octanol–water partition coefficient (Wildman–Crippen LogP) is 2.61. The molecule has 1 aliphatic heterocycles. The van der Waals surface area contributed by atoms with E-state index in [-0.39, 0.29) is 13.2 Å². The minimum atomic E-state index is -0.884. The van der Waals surface area contributed by atoms with Crippen molar-refractivity contribution >= 4 is 40.2 Å². The Balaban J connectivity index is 1.50. The summed E-state index contributed by atoms with van der Waals surface area (Å²) in [6.07, 6.45) is -0.884. The lowest BCUT2D eigenvalue weighted by Gasteiger charge is -2.24. The topological polar surface area (TPSA) is 73.9 Å². The van der Waals surface area contributed by atoms with Gasteiger partial charge in [-0.3, -0.25) is 4.79 Å². The van der Waals surface area contributed by atoms with E-state index in [0.29, 0.717) is 17.2 Å². The van der Waals surface area contributed by atoms with Crippen molar-refractivity contribution in [2.24, 2.45) is 0 Å². The molecule has 0 radical (unpaired) electrons. The fraction of sp³-hybridized carbons (Fsp3) is 0.176. The number of hydrogen-bond donors (Lipinski definition) is 1. The molecular formula is C17H14INO5. The Labute approximate surface area is 152 Å². The summed E-state index contributed by atoms with van der Waals surface area (Å²) in [5.74, 6) is 0.0109. The summed E-state index contributed by atoms with van der Waals surface area (Å²) < 4.78 is 17.0. The van der Waals surface area contributed by atoms with Crippen LogP contribution in [0.4, 0.5) is 5.69 Å². The molecule has 1 atom stereocenters. The highest BCUT2D eigenvalue weighted by atomic mass is 127. The van der Waals surface area contributed by atoms with Gasteiger partial charge in [-0.15, -0.1) is 0 Å². The maximum Gasteiger partial charge on any atom is 0.351 e. The predicted molar refractivity (Wildman–Crippen MR) is 95.1 cm³/mol. The molecule has 1 unspecified atom stereocenters. The van der Waals surface area contributed by atoms with E-state index in [9.17, 15) is 9.59 Å². The van der Waals surface area contributed by atoms with Gasteiger partial charge in [0.05, 0.1) is 0 Å². The van der Waals surface area contributed by atoms with E-state index >= 15 is 0 Å². The monoisotopic (exact) mass is 439 g/mol. The van der Waals surface area contributed by atoms with Crippen molar-refractivity contribution in [2.45, 2.75) is 6.10 Å². The summed E-state index contributed by atoms with van der Waals surface area (Å²) in [5.41, 5.74) is 0.647. The number of fused-ring (bicyclic) bond motifs is 1. The number of amides is 1. The zero-order valence-electron chi connectivity index (χ0n) is 12.5. The Bertz CT molecular complexity index is 764. The molecule has 7 heteroatoms. The largest absolute Gasteiger partial charge is 0.485 e. The van der Waals surface area contributed by atoms with Crippen molar-refractivity contribution in [1.82, 2.24) is 0 Å². The molecule has 124 valence electrons. The van der Waals surface area contributed by atoms with Crippen LogP contribution in [-0.4, -0.2) is 31.2 Å². The normalized spacial score (nSPS) is 15.5. The summed E-state index contributed by atoms with van der Waals surface area (Å²) in [6.45, 7) is -0.333. The molecule has 0 aromatic heterocycles. The molecule has 0 aliphatic carbocycles. The Hall–Kier alpha value is -2.29. The Morgan fingerprint density at radius 2 is 1.96 bits per heavy atom. The van der Waals surface area contributed by atoms with E-state index in [1.165, 1.54) is 0 Å². The van der Waals surface area contributed by atoms with Crippen LogP contribution in [-0.2, 0) is 14.3 Å². The lowest BCUT2D eigenvalue weighted by Crippen LogP contribution is -2.39. The Morgan fingerprint density at radius 3 is 2.75 bits per heavy atom. The first-order valence-electron chi connectivity index (χ1n) is 7.22. The Morgan fingerprint density at radius 1 is 1.17 bits per heavy atom.